The number of aliphatic hydroxyl groups excluding tert-OH is 1. The van der Waals surface area contributed by atoms with Gasteiger partial charge < -0.3 is 24.1 Å². The number of hydrogen-bond donors (Lipinski definition) is 1. The highest BCUT2D eigenvalue weighted by Gasteiger charge is 2.75. The number of aliphatic hydroxyl groups is 1. The summed E-state index contributed by atoms with van der Waals surface area (Å²) in [7, 11) is 4.96. The van der Waals surface area contributed by atoms with Crippen molar-refractivity contribution in [3.05, 3.63) is 23.3 Å². The molecule has 1 aromatic rings. The lowest BCUT2D eigenvalue weighted by Crippen LogP contribution is -2.58. The lowest BCUT2D eigenvalue weighted by molar-refractivity contribution is -0.0647. The first-order valence-corrected chi connectivity index (χ1v) is 8.52. The Kier molecular flexibility index (Phi) is 3.02. The molecule has 1 N–H and O–H groups in total. The maximum atomic E-state index is 11.1. The molecule has 5 rings (SSSR count). The molecule has 0 aromatic heterocycles. The quantitative estimate of drug-likeness (QED) is 0.830. The third-order valence-electron chi connectivity index (χ3n) is 6.45. The van der Waals surface area contributed by atoms with Crippen molar-refractivity contribution in [1.29, 1.82) is 0 Å². The molecular weight excluding hydrogens is 310 g/mol. The molecule has 3 heterocycles. The minimum absolute atomic E-state index is 0.0189. The maximum Gasteiger partial charge on any atom is 0.161 e. The smallest absolute Gasteiger partial charge is 0.161 e. The number of nitrogens with zero attached hydrogens (tertiary/aromatic N) is 1. The number of benzene rings is 1. The standard InChI is InChI=1S/C18H23NO5/c1-21-11-6-9-8-19-5-4-18-16(19)13(10(9)7-12(11)22-2)14(20)15(23-3)17(18)24-18/h6-7,13-17,20H,4-5,8H2,1-3H3/t13-,14+,15-,16+,17+,18-/m1/s1. The molecular formula is C18H23NO5. The molecule has 3 fully saturated rings. The molecule has 6 heteroatoms. The summed E-state index contributed by atoms with van der Waals surface area (Å²) < 4.78 is 22.7. The van der Waals surface area contributed by atoms with E-state index in [9.17, 15) is 5.11 Å². The van der Waals surface area contributed by atoms with Gasteiger partial charge in [0.15, 0.2) is 11.5 Å². The molecule has 1 aliphatic carbocycles. The Balaban J connectivity index is 1.66. The van der Waals surface area contributed by atoms with Crippen LogP contribution in [-0.2, 0) is 16.0 Å². The fourth-order valence-electron chi connectivity index (χ4n) is 5.40. The second-order valence-electron chi connectivity index (χ2n) is 7.28. The van der Waals surface area contributed by atoms with E-state index in [4.69, 9.17) is 18.9 Å². The molecule has 3 aliphatic heterocycles. The largest absolute Gasteiger partial charge is 0.493 e. The summed E-state index contributed by atoms with van der Waals surface area (Å²) in [6, 6.07) is 4.29. The Morgan fingerprint density at radius 2 is 1.96 bits per heavy atom. The van der Waals surface area contributed by atoms with Crippen LogP contribution in [0.2, 0.25) is 0 Å². The van der Waals surface area contributed by atoms with E-state index in [-0.39, 0.29) is 29.8 Å². The molecule has 2 saturated heterocycles. The number of hydrogen-bond acceptors (Lipinski definition) is 6. The van der Waals surface area contributed by atoms with Crippen LogP contribution in [-0.4, -0.2) is 67.8 Å². The van der Waals surface area contributed by atoms with E-state index in [1.54, 1.807) is 21.3 Å². The molecule has 0 unspecified atom stereocenters. The van der Waals surface area contributed by atoms with Crippen LogP contribution in [0.25, 0.3) is 0 Å². The summed E-state index contributed by atoms with van der Waals surface area (Å²) in [5, 5.41) is 11.1. The first-order valence-electron chi connectivity index (χ1n) is 8.52. The van der Waals surface area contributed by atoms with E-state index in [0.29, 0.717) is 5.75 Å². The van der Waals surface area contributed by atoms with Gasteiger partial charge in [-0.25, -0.2) is 0 Å². The van der Waals surface area contributed by atoms with Crippen molar-refractivity contribution >= 4 is 0 Å². The summed E-state index contributed by atoms with van der Waals surface area (Å²) in [6.45, 7) is 1.85. The van der Waals surface area contributed by atoms with E-state index in [1.807, 2.05) is 12.1 Å². The summed E-state index contributed by atoms with van der Waals surface area (Å²) in [5.74, 6) is 1.41. The average molecular weight is 333 g/mol. The predicted octanol–water partition coefficient (Wildman–Crippen LogP) is 0.902. The molecule has 6 atom stereocenters. The highest BCUT2D eigenvalue weighted by Crippen LogP contribution is 2.62. The molecule has 130 valence electrons. The number of methoxy groups -OCH3 is 3. The van der Waals surface area contributed by atoms with Crippen molar-refractivity contribution in [3.8, 4) is 11.5 Å². The molecule has 24 heavy (non-hydrogen) atoms. The van der Waals surface area contributed by atoms with Crippen LogP contribution in [0, 0.1) is 0 Å². The SMILES string of the molecule is COc1cc2c(cc1OC)[C@@H]1[C@H](O)[C@@H](OC)[C@@H]3O[C@@]34CCN(C2)[C@@H]14. The molecule has 4 aliphatic rings. The summed E-state index contributed by atoms with van der Waals surface area (Å²) in [6.07, 6.45) is 0.169. The molecule has 0 amide bonds. The highest BCUT2D eigenvalue weighted by molar-refractivity contribution is 5.52. The Morgan fingerprint density at radius 1 is 1.21 bits per heavy atom. The first-order chi connectivity index (χ1) is 11.6. The number of ether oxygens (including phenoxy) is 4. The predicted molar refractivity (Wildman–Crippen MR) is 85.5 cm³/mol. The van der Waals surface area contributed by atoms with Crippen LogP contribution in [0.15, 0.2) is 12.1 Å². The van der Waals surface area contributed by atoms with Crippen molar-refractivity contribution < 1.29 is 24.1 Å². The van der Waals surface area contributed by atoms with Gasteiger partial charge in [-0.15, -0.1) is 0 Å². The minimum Gasteiger partial charge on any atom is -0.493 e. The molecule has 6 nitrogen and oxygen atoms in total. The Hall–Kier alpha value is -1.34. The second-order valence-corrected chi connectivity index (χ2v) is 7.28. The second kappa shape index (κ2) is 4.85. The third kappa shape index (κ3) is 1.65. The molecule has 1 saturated carbocycles. The van der Waals surface area contributed by atoms with Gasteiger partial charge >= 0.3 is 0 Å². The maximum absolute atomic E-state index is 11.1. The molecule has 1 aromatic carbocycles. The van der Waals surface area contributed by atoms with Crippen LogP contribution in [0.1, 0.15) is 23.5 Å². The van der Waals surface area contributed by atoms with Crippen molar-refractivity contribution in [2.24, 2.45) is 0 Å². The Morgan fingerprint density at radius 3 is 2.67 bits per heavy atom. The molecule has 0 bridgehead atoms. The number of rotatable bonds is 3. The van der Waals surface area contributed by atoms with Gasteiger partial charge in [0, 0.05) is 26.1 Å². The number of fused-ring (bicyclic) bond motifs is 2. The van der Waals surface area contributed by atoms with E-state index >= 15 is 0 Å². The fraction of sp³-hybridized carbons (Fsp3) is 0.667. The van der Waals surface area contributed by atoms with Crippen LogP contribution in [0.4, 0.5) is 0 Å². The Bertz CT molecular complexity index is 694. The van der Waals surface area contributed by atoms with Crippen LogP contribution in [0.5, 0.6) is 11.5 Å². The van der Waals surface area contributed by atoms with Gasteiger partial charge in [-0.3, -0.25) is 4.90 Å². The van der Waals surface area contributed by atoms with E-state index < -0.39 is 6.10 Å². The third-order valence-corrected chi connectivity index (χ3v) is 6.45. The zero-order chi connectivity index (χ0) is 16.6. The average Bonchev–Trinajstić information content (AvgIpc) is 3.22. The zero-order valence-electron chi connectivity index (χ0n) is 14.2. The van der Waals surface area contributed by atoms with E-state index in [2.05, 4.69) is 4.90 Å². The van der Waals surface area contributed by atoms with Gasteiger partial charge in [0.1, 0.15) is 17.8 Å². The minimum atomic E-state index is -0.585. The summed E-state index contributed by atoms with van der Waals surface area (Å²) >= 11 is 0. The molecule has 1 spiro atoms. The van der Waals surface area contributed by atoms with E-state index in [0.717, 1.165) is 30.8 Å². The van der Waals surface area contributed by atoms with E-state index in [1.165, 1.54) is 5.56 Å². The summed E-state index contributed by atoms with van der Waals surface area (Å²) in [4.78, 5) is 2.45. The van der Waals surface area contributed by atoms with Crippen molar-refractivity contribution in [1.82, 2.24) is 4.90 Å². The first kappa shape index (κ1) is 15.0. The van der Waals surface area contributed by atoms with Crippen LogP contribution >= 0.6 is 0 Å². The van der Waals surface area contributed by atoms with Gasteiger partial charge in [0.05, 0.1) is 26.4 Å². The Labute approximate surface area is 141 Å². The summed E-state index contributed by atoms with van der Waals surface area (Å²) in [5.41, 5.74) is 2.19. The monoisotopic (exact) mass is 333 g/mol. The van der Waals surface area contributed by atoms with Crippen molar-refractivity contribution in [2.75, 3.05) is 27.9 Å². The highest BCUT2D eigenvalue weighted by atomic mass is 16.6. The topological polar surface area (TPSA) is 63.7 Å². The van der Waals surface area contributed by atoms with Crippen molar-refractivity contribution in [2.45, 2.75) is 48.8 Å². The fourth-order valence-corrected chi connectivity index (χ4v) is 5.40. The van der Waals surface area contributed by atoms with Gasteiger partial charge in [-0.05, 0) is 29.7 Å². The van der Waals surface area contributed by atoms with Gasteiger partial charge in [0.2, 0.25) is 0 Å². The van der Waals surface area contributed by atoms with Gasteiger partial charge in [0.25, 0.3) is 0 Å². The number of epoxide rings is 1. The van der Waals surface area contributed by atoms with Crippen molar-refractivity contribution in [3.63, 3.8) is 0 Å². The zero-order valence-corrected chi connectivity index (χ0v) is 14.2. The van der Waals surface area contributed by atoms with Crippen LogP contribution < -0.4 is 9.47 Å². The lowest BCUT2D eigenvalue weighted by Gasteiger charge is -2.46. The van der Waals surface area contributed by atoms with Gasteiger partial charge in [-0.2, -0.15) is 0 Å². The van der Waals surface area contributed by atoms with Crippen LogP contribution in [0.3, 0.4) is 0 Å². The normalized spacial score (nSPS) is 42.1. The molecule has 0 radical (unpaired) electrons. The van der Waals surface area contributed by atoms with Gasteiger partial charge in [-0.1, -0.05) is 0 Å². The lowest BCUT2D eigenvalue weighted by atomic mass is 9.68.